The second-order valence-corrected chi connectivity index (χ2v) is 5.50. The molecule has 2 aromatic rings. The highest BCUT2D eigenvalue weighted by atomic mass is 16.5. The molecule has 0 fully saturated rings. The molecule has 0 amide bonds. The summed E-state index contributed by atoms with van der Waals surface area (Å²) in [6, 6.07) is 7.78. The molecule has 0 aliphatic heterocycles. The zero-order valence-corrected chi connectivity index (χ0v) is 11.8. The number of hydrogen-bond acceptors (Lipinski definition) is 4. The molecule has 0 aliphatic carbocycles. The SMILES string of the molecule is CC(C)(C)c1cccc(Oc2nccnc2C(=N)N)c1. The van der Waals surface area contributed by atoms with Crippen molar-refractivity contribution in [1.82, 2.24) is 9.97 Å². The Kier molecular flexibility index (Phi) is 3.70. The van der Waals surface area contributed by atoms with Crippen molar-refractivity contribution in [3.05, 3.63) is 47.9 Å². The molecule has 1 aromatic heterocycles. The second kappa shape index (κ2) is 5.28. The number of nitrogens with two attached hydrogens (primary N) is 1. The van der Waals surface area contributed by atoms with E-state index in [1.807, 2.05) is 18.2 Å². The summed E-state index contributed by atoms with van der Waals surface area (Å²) in [6.45, 7) is 6.40. The fraction of sp³-hybridized carbons (Fsp3) is 0.267. The van der Waals surface area contributed by atoms with Crippen LogP contribution in [-0.2, 0) is 5.41 Å². The van der Waals surface area contributed by atoms with Gasteiger partial charge >= 0.3 is 0 Å². The molecule has 1 aromatic carbocycles. The van der Waals surface area contributed by atoms with E-state index in [1.54, 1.807) is 0 Å². The summed E-state index contributed by atoms with van der Waals surface area (Å²) >= 11 is 0. The first-order chi connectivity index (χ1) is 9.38. The van der Waals surface area contributed by atoms with Crippen LogP contribution in [0, 0.1) is 5.41 Å². The van der Waals surface area contributed by atoms with Crippen LogP contribution in [-0.4, -0.2) is 15.8 Å². The summed E-state index contributed by atoms with van der Waals surface area (Å²) in [6.07, 6.45) is 2.99. The quantitative estimate of drug-likeness (QED) is 0.663. The van der Waals surface area contributed by atoms with E-state index >= 15 is 0 Å². The van der Waals surface area contributed by atoms with Crippen LogP contribution in [0.4, 0.5) is 0 Å². The fourth-order valence-corrected chi connectivity index (χ4v) is 1.72. The van der Waals surface area contributed by atoms with Crippen molar-refractivity contribution in [2.75, 3.05) is 0 Å². The van der Waals surface area contributed by atoms with E-state index in [1.165, 1.54) is 12.4 Å². The third kappa shape index (κ3) is 3.12. The Morgan fingerprint density at radius 3 is 2.55 bits per heavy atom. The van der Waals surface area contributed by atoms with Crippen LogP contribution in [0.3, 0.4) is 0 Å². The first-order valence-corrected chi connectivity index (χ1v) is 6.32. The maximum atomic E-state index is 7.48. The normalized spacial score (nSPS) is 11.2. The van der Waals surface area contributed by atoms with Gasteiger partial charge in [0.1, 0.15) is 11.6 Å². The first-order valence-electron chi connectivity index (χ1n) is 6.32. The zero-order chi connectivity index (χ0) is 14.8. The van der Waals surface area contributed by atoms with Crippen molar-refractivity contribution >= 4 is 5.84 Å². The van der Waals surface area contributed by atoms with Gasteiger partial charge in [0.2, 0.25) is 5.88 Å². The third-order valence-electron chi connectivity index (χ3n) is 2.83. The molecule has 0 aliphatic rings. The number of hydrogen-bond donors (Lipinski definition) is 2. The lowest BCUT2D eigenvalue weighted by Gasteiger charge is -2.19. The number of ether oxygens (including phenoxy) is 1. The Morgan fingerprint density at radius 2 is 1.90 bits per heavy atom. The van der Waals surface area contributed by atoms with Crippen molar-refractivity contribution in [3.8, 4) is 11.6 Å². The van der Waals surface area contributed by atoms with Gasteiger partial charge in [-0.3, -0.25) is 5.41 Å². The summed E-state index contributed by atoms with van der Waals surface area (Å²) in [5.41, 5.74) is 6.90. The van der Waals surface area contributed by atoms with Gasteiger partial charge in [-0.2, -0.15) is 0 Å². The summed E-state index contributed by atoms with van der Waals surface area (Å²) in [5.74, 6) is 0.728. The summed E-state index contributed by atoms with van der Waals surface area (Å²) in [4.78, 5) is 8.09. The van der Waals surface area contributed by atoms with Gasteiger partial charge in [-0.1, -0.05) is 32.9 Å². The van der Waals surface area contributed by atoms with E-state index in [2.05, 4.69) is 36.8 Å². The lowest BCUT2D eigenvalue weighted by Crippen LogP contribution is -2.15. The molecule has 0 radical (unpaired) electrons. The smallest absolute Gasteiger partial charge is 0.249 e. The Hall–Kier alpha value is -2.43. The van der Waals surface area contributed by atoms with E-state index < -0.39 is 0 Å². The maximum absolute atomic E-state index is 7.48. The lowest BCUT2D eigenvalue weighted by molar-refractivity contribution is 0.455. The highest BCUT2D eigenvalue weighted by Crippen LogP contribution is 2.28. The molecule has 2 rings (SSSR count). The average Bonchev–Trinajstić information content (AvgIpc) is 2.38. The van der Waals surface area contributed by atoms with Crippen molar-refractivity contribution in [2.45, 2.75) is 26.2 Å². The largest absolute Gasteiger partial charge is 0.437 e. The molecule has 0 saturated heterocycles. The molecule has 3 N–H and O–H groups in total. The molecular formula is C15H18N4O. The molecule has 0 spiro atoms. The highest BCUT2D eigenvalue weighted by molar-refractivity contribution is 5.95. The number of aromatic nitrogens is 2. The van der Waals surface area contributed by atoms with Crippen LogP contribution in [0.25, 0.3) is 0 Å². The molecule has 5 nitrogen and oxygen atoms in total. The van der Waals surface area contributed by atoms with Gasteiger partial charge < -0.3 is 10.5 Å². The molecule has 104 valence electrons. The minimum Gasteiger partial charge on any atom is -0.437 e. The van der Waals surface area contributed by atoms with Crippen LogP contribution in [0.2, 0.25) is 0 Å². The summed E-state index contributed by atoms with van der Waals surface area (Å²) < 4.78 is 5.71. The van der Waals surface area contributed by atoms with Crippen LogP contribution >= 0.6 is 0 Å². The summed E-state index contributed by atoms with van der Waals surface area (Å²) in [5, 5.41) is 7.48. The van der Waals surface area contributed by atoms with Crippen LogP contribution in [0.1, 0.15) is 32.0 Å². The predicted octanol–water partition coefficient (Wildman–Crippen LogP) is 2.85. The molecule has 20 heavy (non-hydrogen) atoms. The number of nitrogens with one attached hydrogen (secondary N) is 1. The van der Waals surface area contributed by atoms with E-state index in [0.717, 1.165) is 5.56 Å². The molecular weight excluding hydrogens is 252 g/mol. The zero-order valence-electron chi connectivity index (χ0n) is 11.8. The Bertz CT molecular complexity index is 632. The standard InChI is InChI=1S/C15H18N4O/c1-15(2,3)10-5-4-6-11(9-10)20-14-12(13(16)17)18-7-8-19-14/h4-9H,1-3H3,(H3,16,17). The Labute approximate surface area is 118 Å². The van der Waals surface area contributed by atoms with Crippen LogP contribution < -0.4 is 10.5 Å². The maximum Gasteiger partial charge on any atom is 0.249 e. The molecule has 0 unspecified atom stereocenters. The van der Waals surface area contributed by atoms with Crippen molar-refractivity contribution < 1.29 is 4.74 Å². The van der Waals surface area contributed by atoms with E-state index in [0.29, 0.717) is 5.75 Å². The molecule has 0 atom stereocenters. The van der Waals surface area contributed by atoms with Crippen molar-refractivity contribution in [2.24, 2.45) is 5.73 Å². The predicted molar refractivity (Wildman–Crippen MR) is 78.3 cm³/mol. The van der Waals surface area contributed by atoms with Crippen LogP contribution in [0.15, 0.2) is 36.7 Å². The van der Waals surface area contributed by atoms with Gasteiger partial charge in [0.15, 0.2) is 5.69 Å². The minimum atomic E-state index is -0.167. The first kappa shape index (κ1) is 14.0. The van der Waals surface area contributed by atoms with Gasteiger partial charge in [0.25, 0.3) is 0 Å². The number of nitrogen functional groups attached to an aromatic ring is 1. The number of nitrogens with zero attached hydrogens (tertiary/aromatic N) is 2. The number of amidine groups is 1. The minimum absolute atomic E-state index is 0.0329. The third-order valence-corrected chi connectivity index (χ3v) is 2.83. The van der Waals surface area contributed by atoms with Gasteiger partial charge in [-0.15, -0.1) is 0 Å². The highest BCUT2D eigenvalue weighted by Gasteiger charge is 2.15. The molecule has 5 heteroatoms. The van der Waals surface area contributed by atoms with E-state index in [9.17, 15) is 0 Å². The second-order valence-electron chi connectivity index (χ2n) is 5.50. The van der Waals surface area contributed by atoms with E-state index in [4.69, 9.17) is 15.9 Å². The molecule has 1 heterocycles. The Morgan fingerprint density at radius 1 is 1.20 bits per heavy atom. The number of benzene rings is 1. The monoisotopic (exact) mass is 270 g/mol. The van der Waals surface area contributed by atoms with Gasteiger partial charge in [-0.05, 0) is 23.1 Å². The fourth-order valence-electron chi connectivity index (χ4n) is 1.72. The van der Waals surface area contributed by atoms with E-state index in [-0.39, 0.29) is 22.8 Å². The number of rotatable bonds is 3. The Balaban J connectivity index is 2.34. The van der Waals surface area contributed by atoms with Gasteiger partial charge in [-0.25, -0.2) is 9.97 Å². The van der Waals surface area contributed by atoms with Crippen molar-refractivity contribution in [3.63, 3.8) is 0 Å². The van der Waals surface area contributed by atoms with Crippen LogP contribution in [0.5, 0.6) is 11.6 Å². The molecule has 0 saturated carbocycles. The average molecular weight is 270 g/mol. The molecule has 0 bridgehead atoms. The lowest BCUT2D eigenvalue weighted by atomic mass is 9.87. The van der Waals surface area contributed by atoms with Crippen molar-refractivity contribution in [1.29, 1.82) is 5.41 Å². The van der Waals surface area contributed by atoms with Gasteiger partial charge in [0.05, 0.1) is 0 Å². The summed E-state index contributed by atoms with van der Waals surface area (Å²) in [7, 11) is 0. The topological polar surface area (TPSA) is 84.9 Å². The van der Waals surface area contributed by atoms with Gasteiger partial charge in [0, 0.05) is 12.4 Å².